The molecule has 1 fully saturated rings. The summed E-state index contributed by atoms with van der Waals surface area (Å²) < 4.78 is 5.61. The lowest BCUT2D eigenvalue weighted by Crippen LogP contribution is -2.41. The number of ether oxygens (including phenoxy) is 1. The number of rotatable bonds is 5. The topological polar surface area (TPSA) is 91.4 Å². The third-order valence-corrected chi connectivity index (χ3v) is 6.13. The quantitative estimate of drug-likeness (QED) is 0.670. The van der Waals surface area contributed by atoms with Crippen LogP contribution in [0.3, 0.4) is 0 Å². The van der Waals surface area contributed by atoms with Gasteiger partial charge in [-0.25, -0.2) is 0 Å². The van der Waals surface area contributed by atoms with Gasteiger partial charge in [0.2, 0.25) is 0 Å². The van der Waals surface area contributed by atoms with Crippen LogP contribution in [0.15, 0.2) is 54.9 Å². The number of benzene rings is 1. The van der Waals surface area contributed by atoms with E-state index >= 15 is 0 Å². The number of para-hydroxylation sites is 1. The van der Waals surface area contributed by atoms with Crippen LogP contribution >= 0.6 is 0 Å². The molecule has 3 aromatic rings. The molecule has 32 heavy (non-hydrogen) atoms. The first-order valence-electron chi connectivity index (χ1n) is 11.0. The zero-order valence-corrected chi connectivity index (χ0v) is 17.7. The number of aromatic nitrogens is 3. The van der Waals surface area contributed by atoms with Crippen LogP contribution in [0.1, 0.15) is 47.1 Å². The molecule has 1 unspecified atom stereocenters. The molecule has 1 aromatic carbocycles. The molecule has 2 aliphatic rings. The Morgan fingerprint density at radius 3 is 2.91 bits per heavy atom. The van der Waals surface area contributed by atoms with Crippen molar-refractivity contribution in [2.24, 2.45) is 0 Å². The van der Waals surface area contributed by atoms with Crippen LogP contribution in [0.2, 0.25) is 0 Å². The van der Waals surface area contributed by atoms with Gasteiger partial charge in [0.25, 0.3) is 11.8 Å². The lowest BCUT2D eigenvalue weighted by molar-refractivity contribution is -0.137. The molecule has 1 saturated heterocycles. The van der Waals surface area contributed by atoms with E-state index in [4.69, 9.17) is 4.74 Å². The van der Waals surface area contributed by atoms with Gasteiger partial charge >= 0.3 is 0 Å². The highest BCUT2D eigenvalue weighted by Crippen LogP contribution is 2.32. The zero-order valence-electron chi connectivity index (χ0n) is 17.7. The average Bonchev–Trinajstić information content (AvgIpc) is 3.51. The van der Waals surface area contributed by atoms with Crippen LogP contribution in [0.5, 0.6) is 5.75 Å². The number of aromatic amines is 1. The number of hydrogen-bond donors (Lipinski definition) is 1. The molecule has 1 N–H and O–H groups in total. The van der Waals surface area contributed by atoms with Gasteiger partial charge in [0.15, 0.2) is 12.3 Å². The van der Waals surface area contributed by atoms with Crippen molar-refractivity contribution in [3.8, 4) is 5.75 Å². The number of amides is 2. The molecule has 0 saturated carbocycles. The second kappa shape index (κ2) is 8.82. The van der Waals surface area contributed by atoms with Crippen molar-refractivity contribution in [2.75, 3.05) is 24.6 Å². The predicted molar refractivity (Wildman–Crippen MR) is 118 cm³/mol. The summed E-state index contributed by atoms with van der Waals surface area (Å²) in [5.74, 6) is 0.357. The molecular weight excluding hydrogens is 406 g/mol. The first-order valence-corrected chi connectivity index (χ1v) is 11.0. The van der Waals surface area contributed by atoms with E-state index in [1.54, 1.807) is 35.5 Å². The highest BCUT2D eigenvalue weighted by molar-refractivity contribution is 6.06. The largest absolute Gasteiger partial charge is 0.482 e. The Balaban J connectivity index is 1.29. The van der Waals surface area contributed by atoms with Crippen LogP contribution in [-0.2, 0) is 11.2 Å². The minimum Gasteiger partial charge on any atom is -0.482 e. The maximum Gasteiger partial charge on any atom is 0.278 e. The molecule has 2 aromatic heterocycles. The summed E-state index contributed by atoms with van der Waals surface area (Å²) in [4.78, 5) is 33.6. The summed E-state index contributed by atoms with van der Waals surface area (Å²) in [6.45, 7) is 1.26. The van der Waals surface area contributed by atoms with Crippen molar-refractivity contribution < 1.29 is 14.3 Å². The van der Waals surface area contributed by atoms with Gasteiger partial charge in [-0.2, -0.15) is 5.10 Å². The van der Waals surface area contributed by atoms with Crippen LogP contribution in [0, 0.1) is 0 Å². The van der Waals surface area contributed by atoms with E-state index in [9.17, 15) is 9.59 Å². The number of nitrogens with zero attached hydrogens (tertiary/aromatic N) is 4. The van der Waals surface area contributed by atoms with E-state index in [-0.39, 0.29) is 24.5 Å². The molecule has 0 spiro atoms. The smallest absolute Gasteiger partial charge is 0.278 e. The number of H-pyrrole nitrogens is 1. The second-order valence-corrected chi connectivity index (χ2v) is 8.12. The predicted octanol–water partition coefficient (Wildman–Crippen LogP) is 3.14. The number of piperidine rings is 1. The van der Waals surface area contributed by atoms with Gasteiger partial charge in [0, 0.05) is 25.0 Å². The third-order valence-electron chi connectivity index (χ3n) is 6.13. The van der Waals surface area contributed by atoms with Crippen molar-refractivity contribution in [3.05, 3.63) is 71.8 Å². The molecule has 8 nitrogen and oxygen atoms in total. The molecular formula is C24H25N5O3. The minimum absolute atomic E-state index is 0.0489. The summed E-state index contributed by atoms with van der Waals surface area (Å²) in [5, 5.41) is 7.32. The number of carbonyl (C=O) groups excluding carboxylic acids is 2. The van der Waals surface area contributed by atoms with Gasteiger partial charge in [-0.05, 0) is 55.5 Å². The number of likely N-dealkylation sites (tertiary alicyclic amines) is 1. The molecule has 0 bridgehead atoms. The van der Waals surface area contributed by atoms with E-state index in [1.165, 1.54) is 5.56 Å². The average molecular weight is 431 g/mol. The summed E-state index contributed by atoms with van der Waals surface area (Å²) >= 11 is 0. The number of carbonyl (C=O) groups is 2. The fraction of sp³-hybridized carbons (Fsp3) is 0.333. The third kappa shape index (κ3) is 3.95. The molecule has 164 valence electrons. The van der Waals surface area contributed by atoms with Gasteiger partial charge < -0.3 is 14.5 Å². The molecule has 0 aliphatic carbocycles. The lowest BCUT2D eigenvalue weighted by Gasteiger charge is -2.35. The monoisotopic (exact) mass is 431 g/mol. The summed E-state index contributed by atoms with van der Waals surface area (Å²) in [7, 11) is 0. The highest BCUT2D eigenvalue weighted by atomic mass is 16.5. The van der Waals surface area contributed by atoms with Crippen LogP contribution in [0.25, 0.3) is 0 Å². The number of fused-ring (bicyclic) bond motifs is 1. The van der Waals surface area contributed by atoms with Crippen molar-refractivity contribution in [2.45, 2.75) is 31.7 Å². The Kier molecular flexibility index (Phi) is 5.58. The summed E-state index contributed by atoms with van der Waals surface area (Å²) in [6, 6.07) is 13.2. The van der Waals surface area contributed by atoms with E-state index < -0.39 is 0 Å². The number of anilines is 1. The van der Waals surface area contributed by atoms with Crippen molar-refractivity contribution in [3.63, 3.8) is 0 Å². The normalized spacial score (nSPS) is 17.8. The van der Waals surface area contributed by atoms with Crippen molar-refractivity contribution >= 4 is 17.5 Å². The Labute approximate surface area is 186 Å². The summed E-state index contributed by atoms with van der Waals surface area (Å²) in [6.07, 6.45) is 6.87. The van der Waals surface area contributed by atoms with Crippen molar-refractivity contribution in [1.29, 1.82) is 0 Å². The van der Waals surface area contributed by atoms with Gasteiger partial charge in [-0.3, -0.25) is 19.7 Å². The van der Waals surface area contributed by atoms with Gasteiger partial charge in [-0.1, -0.05) is 18.2 Å². The Hall–Kier alpha value is -3.68. The number of nitrogens with one attached hydrogen (secondary N) is 1. The fourth-order valence-corrected chi connectivity index (χ4v) is 4.52. The van der Waals surface area contributed by atoms with E-state index in [1.807, 2.05) is 23.1 Å². The standard InChI is InChI=1S/C24H25N5O3/c30-23(16-32-18-7-5-11-25-15-18)28-12-4-3-9-22(28)19-14-20(27-26-19)24(31)29-13-10-17-6-1-2-8-21(17)29/h1-2,5-8,11,14-15,22H,3-4,9-10,12-13,16H2,(H,26,27). The first-order chi connectivity index (χ1) is 15.7. The summed E-state index contributed by atoms with van der Waals surface area (Å²) in [5.41, 5.74) is 3.29. The van der Waals surface area contributed by atoms with E-state index in [0.29, 0.717) is 24.5 Å². The zero-order chi connectivity index (χ0) is 21.9. The minimum atomic E-state index is -0.145. The Morgan fingerprint density at radius 1 is 1.12 bits per heavy atom. The number of pyridine rings is 1. The van der Waals surface area contributed by atoms with E-state index in [0.717, 1.165) is 37.1 Å². The fourth-order valence-electron chi connectivity index (χ4n) is 4.52. The molecule has 2 aliphatic heterocycles. The molecule has 5 rings (SSSR count). The maximum absolute atomic E-state index is 13.1. The Morgan fingerprint density at radius 2 is 2.03 bits per heavy atom. The lowest BCUT2D eigenvalue weighted by atomic mass is 9.99. The van der Waals surface area contributed by atoms with Crippen LogP contribution in [0.4, 0.5) is 5.69 Å². The first kappa shape index (κ1) is 20.2. The maximum atomic E-state index is 13.1. The van der Waals surface area contributed by atoms with E-state index in [2.05, 4.69) is 21.2 Å². The Bertz CT molecular complexity index is 1110. The van der Waals surface area contributed by atoms with Crippen molar-refractivity contribution in [1.82, 2.24) is 20.1 Å². The van der Waals surface area contributed by atoms with Crippen LogP contribution < -0.4 is 9.64 Å². The second-order valence-electron chi connectivity index (χ2n) is 8.12. The highest BCUT2D eigenvalue weighted by Gasteiger charge is 2.32. The molecule has 1 atom stereocenters. The van der Waals surface area contributed by atoms with Gasteiger partial charge in [-0.15, -0.1) is 0 Å². The molecule has 8 heteroatoms. The number of hydrogen-bond acceptors (Lipinski definition) is 5. The van der Waals surface area contributed by atoms with Gasteiger partial charge in [0.1, 0.15) is 5.75 Å². The molecule has 4 heterocycles. The molecule has 0 radical (unpaired) electrons. The molecule has 2 amide bonds. The SMILES string of the molecule is O=C(c1cc(C2CCCCN2C(=O)COc2cccnc2)[nH]n1)N1CCc2ccccc21. The van der Waals surface area contributed by atoms with Gasteiger partial charge in [0.05, 0.1) is 17.9 Å². The van der Waals surface area contributed by atoms with Crippen LogP contribution in [-0.4, -0.2) is 51.6 Å².